The monoisotopic (exact) mass is 335 g/mol. The van der Waals surface area contributed by atoms with Crippen LogP contribution in [0.1, 0.15) is 10.4 Å². The zero-order chi connectivity index (χ0) is 14.5. The second kappa shape index (κ2) is 6.16. The van der Waals surface area contributed by atoms with Crippen molar-refractivity contribution in [3.8, 4) is 0 Å². The van der Waals surface area contributed by atoms with Gasteiger partial charge in [0, 0.05) is 17.7 Å². The van der Waals surface area contributed by atoms with Gasteiger partial charge in [-0.05, 0) is 24.3 Å². The van der Waals surface area contributed by atoms with Gasteiger partial charge in [0.05, 0.1) is 26.8 Å². The van der Waals surface area contributed by atoms with Gasteiger partial charge in [-0.3, -0.25) is 20.3 Å². The number of nitro groups is 1. The lowest BCUT2D eigenvalue weighted by Gasteiger charge is -2.16. The number of hydrogen-bond acceptors (Lipinski definition) is 4. The number of non-ortho nitro benzene ring substituents is 1. The summed E-state index contributed by atoms with van der Waals surface area (Å²) in [4.78, 5) is 22.1. The predicted molar refractivity (Wildman–Crippen MR) is 78.3 cm³/mol. The van der Waals surface area contributed by atoms with E-state index in [9.17, 15) is 14.9 Å². The average Bonchev–Trinajstić information content (AvgIpc) is 2.48. The van der Waals surface area contributed by atoms with E-state index in [0.717, 1.165) is 4.03 Å². The van der Waals surface area contributed by atoms with E-state index in [1.807, 2.05) is 6.07 Å². The number of amides is 1. The molecular formula is C13H10BrN3O3. The molecule has 0 unspecified atom stereocenters. The first-order valence-electron chi connectivity index (χ1n) is 5.64. The Balaban J connectivity index is 2.06. The summed E-state index contributed by atoms with van der Waals surface area (Å²) in [6.45, 7) is 0. The summed E-state index contributed by atoms with van der Waals surface area (Å²) in [5, 5.41) is 10.5. The quantitative estimate of drug-likeness (QED) is 0.528. The lowest BCUT2D eigenvalue weighted by Crippen LogP contribution is -2.26. The van der Waals surface area contributed by atoms with Crippen LogP contribution < -0.4 is 5.43 Å². The molecule has 0 fully saturated rings. The fourth-order valence-electron chi connectivity index (χ4n) is 1.52. The lowest BCUT2D eigenvalue weighted by atomic mass is 10.2. The molecule has 2 aromatic carbocycles. The molecular weight excluding hydrogens is 326 g/mol. The van der Waals surface area contributed by atoms with E-state index >= 15 is 0 Å². The zero-order valence-electron chi connectivity index (χ0n) is 10.2. The molecule has 0 atom stereocenters. The normalized spacial score (nSPS) is 9.85. The van der Waals surface area contributed by atoms with E-state index in [1.54, 1.807) is 24.3 Å². The zero-order valence-corrected chi connectivity index (χ0v) is 11.8. The molecule has 0 heterocycles. The molecule has 2 aromatic rings. The van der Waals surface area contributed by atoms with Crippen molar-refractivity contribution in [2.45, 2.75) is 0 Å². The molecule has 0 aliphatic rings. The third kappa shape index (κ3) is 3.33. The molecule has 20 heavy (non-hydrogen) atoms. The fraction of sp³-hybridized carbons (Fsp3) is 0. The Morgan fingerprint density at radius 2 is 1.70 bits per heavy atom. The van der Waals surface area contributed by atoms with Crippen molar-refractivity contribution in [1.82, 2.24) is 4.03 Å². The number of halogens is 1. The number of nitro benzene ring substituents is 1. The largest absolute Gasteiger partial charge is 0.285 e. The molecule has 0 saturated heterocycles. The molecule has 102 valence electrons. The van der Waals surface area contributed by atoms with Gasteiger partial charge in [-0.2, -0.15) is 4.03 Å². The first kappa shape index (κ1) is 14.0. The topological polar surface area (TPSA) is 75.5 Å². The highest BCUT2D eigenvalue weighted by molar-refractivity contribution is 9.07. The maximum Gasteiger partial charge on any atom is 0.282 e. The number of benzene rings is 2. The van der Waals surface area contributed by atoms with Crippen molar-refractivity contribution in [3.63, 3.8) is 0 Å². The molecule has 0 saturated carbocycles. The molecule has 0 aliphatic carbocycles. The Kier molecular flexibility index (Phi) is 4.31. The lowest BCUT2D eigenvalue weighted by molar-refractivity contribution is -0.384. The van der Waals surface area contributed by atoms with Gasteiger partial charge in [0.25, 0.3) is 11.6 Å². The highest BCUT2D eigenvalue weighted by Gasteiger charge is 2.13. The minimum atomic E-state index is -0.481. The molecule has 0 aliphatic heterocycles. The van der Waals surface area contributed by atoms with Gasteiger partial charge in [-0.1, -0.05) is 18.2 Å². The molecule has 6 nitrogen and oxygen atoms in total. The van der Waals surface area contributed by atoms with Crippen LogP contribution >= 0.6 is 16.1 Å². The number of hydrogen-bond donors (Lipinski definition) is 1. The van der Waals surface area contributed by atoms with Crippen LogP contribution in [0.2, 0.25) is 0 Å². The standard InChI is InChI=1S/C13H10BrN3O3/c14-16(13(18)10-4-2-1-3-5-10)15-11-6-8-12(9-7-11)17(19)20/h1-9,15H. The maximum atomic E-state index is 12.0. The van der Waals surface area contributed by atoms with E-state index in [0.29, 0.717) is 11.3 Å². The van der Waals surface area contributed by atoms with E-state index in [-0.39, 0.29) is 11.6 Å². The second-order valence-electron chi connectivity index (χ2n) is 3.87. The minimum Gasteiger partial charge on any atom is -0.285 e. The Hall–Kier alpha value is -2.41. The summed E-state index contributed by atoms with van der Waals surface area (Å²) in [6.07, 6.45) is 0. The average molecular weight is 336 g/mol. The molecule has 2 rings (SSSR count). The number of hydrazine groups is 1. The Bertz CT molecular complexity index is 617. The highest BCUT2D eigenvalue weighted by Crippen LogP contribution is 2.18. The van der Waals surface area contributed by atoms with Crippen molar-refractivity contribution >= 4 is 33.4 Å². The summed E-state index contributed by atoms with van der Waals surface area (Å²) in [5.41, 5.74) is 3.84. The van der Waals surface area contributed by atoms with E-state index in [4.69, 9.17) is 0 Å². The van der Waals surface area contributed by atoms with Crippen LogP contribution in [0.5, 0.6) is 0 Å². The van der Waals surface area contributed by atoms with Crippen LogP contribution in [0.15, 0.2) is 54.6 Å². The summed E-state index contributed by atoms with van der Waals surface area (Å²) in [6, 6.07) is 14.5. The van der Waals surface area contributed by atoms with Crippen LogP contribution in [-0.2, 0) is 0 Å². The number of carbonyl (C=O) groups is 1. The summed E-state index contributed by atoms with van der Waals surface area (Å²) in [7, 11) is 0. The molecule has 0 aromatic heterocycles. The number of nitrogens with zero attached hydrogens (tertiary/aromatic N) is 2. The number of nitrogens with one attached hydrogen (secondary N) is 1. The van der Waals surface area contributed by atoms with Gasteiger partial charge in [-0.25, -0.2) is 0 Å². The van der Waals surface area contributed by atoms with Crippen molar-refractivity contribution in [3.05, 3.63) is 70.3 Å². The van der Waals surface area contributed by atoms with Gasteiger partial charge in [0.15, 0.2) is 0 Å². The molecule has 1 N–H and O–H groups in total. The van der Waals surface area contributed by atoms with Crippen LogP contribution in [0.4, 0.5) is 11.4 Å². The fourth-order valence-corrected chi connectivity index (χ4v) is 1.93. The number of carbonyl (C=O) groups excluding carboxylic acids is 1. The minimum absolute atomic E-state index is 0.00828. The van der Waals surface area contributed by atoms with Gasteiger partial charge in [0.1, 0.15) is 0 Å². The SMILES string of the molecule is O=C(c1ccccc1)N(Br)Nc1ccc([N+](=O)[O-])cc1. The third-order valence-corrected chi connectivity index (χ3v) is 3.00. The summed E-state index contributed by atoms with van der Waals surface area (Å²) < 4.78 is 1.14. The van der Waals surface area contributed by atoms with E-state index in [1.165, 1.54) is 24.3 Å². The Morgan fingerprint density at radius 1 is 1.10 bits per heavy atom. The predicted octanol–water partition coefficient (Wildman–Crippen LogP) is 3.37. The molecule has 1 amide bonds. The molecule has 0 bridgehead atoms. The first-order valence-corrected chi connectivity index (χ1v) is 6.35. The number of anilines is 1. The van der Waals surface area contributed by atoms with Crippen LogP contribution in [0, 0.1) is 10.1 Å². The first-order chi connectivity index (χ1) is 9.58. The molecule has 7 heteroatoms. The Labute approximate surface area is 123 Å². The van der Waals surface area contributed by atoms with Crippen molar-refractivity contribution in [1.29, 1.82) is 0 Å². The van der Waals surface area contributed by atoms with Gasteiger partial charge in [-0.15, -0.1) is 0 Å². The summed E-state index contributed by atoms with van der Waals surface area (Å²) in [5.74, 6) is -0.274. The van der Waals surface area contributed by atoms with Gasteiger partial charge < -0.3 is 0 Å². The van der Waals surface area contributed by atoms with Crippen molar-refractivity contribution in [2.24, 2.45) is 0 Å². The number of rotatable bonds is 4. The summed E-state index contributed by atoms with van der Waals surface area (Å²) >= 11 is 3.10. The van der Waals surface area contributed by atoms with Crippen molar-refractivity contribution < 1.29 is 9.72 Å². The third-order valence-electron chi connectivity index (χ3n) is 2.50. The van der Waals surface area contributed by atoms with Gasteiger partial charge in [0.2, 0.25) is 0 Å². The van der Waals surface area contributed by atoms with Crippen LogP contribution in [0.3, 0.4) is 0 Å². The molecule has 0 radical (unpaired) electrons. The van der Waals surface area contributed by atoms with Crippen molar-refractivity contribution in [2.75, 3.05) is 5.43 Å². The van der Waals surface area contributed by atoms with E-state index < -0.39 is 4.92 Å². The maximum absolute atomic E-state index is 12.0. The Morgan fingerprint density at radius 3 is 2.25 bits per heavy atom. The van der Waals surface area contributed by atoms with E-state index in [2.05, 4.69) is 21.6 Å². The van der Waals surface area contributed by atoms with Gasteiger partial charge >= 0.3 is 0 Å². The van der Waals surface area contributed by atoms with Crippen LogP contribution in [-0.4, -0.2) is 14.9 Å². The second-order valence-corrected chi connectivity index (χ2v) is 4.58. The smallest absolute Gasteiger partial charge is 0.282 e. The molecule has 0 spiro atoms. The van der Waals surface area contributed by atoms with Crippen LogP contribution in [0.25, 0.3) is 0 Å². The highest BCUT2D eigenvalue weighted by atomic mass is 79.9.